The molecule has 28 heavy (non-hydrogen) atoms. The molecule has 1 aliphatic rings. The monoisotopic (exact) mass is 381 g/mol. The van der Waals surface area contributed by atoms with Gasteiger partial charge < -0.3 is 10.1 Å². The number of hydrogen-bond acceptors (Lipinski definition) is 5. The number of methoxy groups -OCH3 is 1. The van der Waals surface area contributed by atoms with Crippen molar-refractivity contribution in [3.63, 3.8) is 0 Å². The lowest BCUT2D eigenvalue weighted by Gasteiger charge is -2.12. The van der Waals surface area contributed by atoms with Gasteiger partial charge in [-0.05, 0) is 50.1 Å². The molecular formula is C20H23N5O3. The molecule has 0 atom stereocenters. The van der Waals surface area contributed by atoms with Crippen LogP contribution in [0.2, 0.25) is 0 Å². The number of rotatable bonds is 5. The smallest absolute Gasteiger partial charge is 0.293 e. The number of aryl methyl sites for hydroxylation is 1. The first kappa shape index (κ1) is 18.2. The fourth-order valence-corrected chi connectivity index (χ4v) is 3.66. The molecule has 0 saturated heterocycles. The Labute approximate surface area is 162 Å². The molecule has 0 bridgehead atoms. The van der Waals surface area contributed by atoms with Crippen LogP contribution in [0.3, 0.4) is 0 Å². The maximum absolute atomic E-state index is 12.8. The number of carbonyl (C=O) groups excluding carboxylic acids is 1. The van der Waals surface area contributed by atoms with Gasteiger partial charge in [-0.1, -0.05) is 12.8 Å². The largest absolute Gasteiger partial charge is 0.497 e. The van der Waals surface area contributed by atoms with Crippen LogP contribution in [0.4, 0.5) is 0 Å². The number of ether oxygens (including phenoxy) is 1. The molecule has 1 amide bonds. The highest BCUT2D eigenvalue weighted by Crippen LogP contribution is 2.22. The summed E-state index contributed by atoms with van der Waals surface area (Å²) >= 11 is 0. The van der Waals surface area contributed by atoms with Gasteiger partial charge in [0, 0.05) is 11.6 Å². The zero-order valence-corrected chi connectivity index (χ0v) is 16.0. The molecule has 8 heteroatoms. The molecule has 3 aromatic rings. The van der Waals surface area contributed by atoms with Crippen molar-refractivity contribution in [2.24, 2.45) is 0 Å². The zero-order valence-electron chi connectivity index (χ0n) is 16.0. The van der Waals surface area contributed by atoms with Gasteiger partial charge in [-0.2, -0.15) is 10.2 Å². The van der Waals surface area contributed by atoms with E-state index in [1.807, 2.05) is 24.3 Å². The van der Waals surface area contributed by atoms with E-state index in [4.69, 9.17) is 4.74 Å². The summed E-state index contributed by atoms with van der Waals surface area (Å²) in [5.41, 5.74) is 1.60. The van der Waals surface area contributed by atoms with E-state index in [1.54, 1.807) is 20.1 Å². The maximum Gasteiger partial charge on any atom is 0.293 e. The first-order valence-electron chi connectivity index (χ1n) is 9.46. The summed E-state index contributed by atoms with van der Waals surface area (Å²) in [5, 5.41) is 11.8. The van der Waals surface area contributed by atoms with Crippen molar-refractivity contribution in [1.82, 2.24) is 24.7 Å². The Kier molecular flexibility index (Phi) is 4.85. The van der Waals surface area contributed by atoms with E-state index in [2.05, 4.69) is 15.5 Å². The Morgan fingerprint density at radius 3 is 2.61 bits per heavy atom. The van der Waals surface area contributed by atoms with Crippen LogP contribution in [0.15, 0.2) is 35.1 Å². The third kappa shape index (κ3) is 3.49. The molecule has 8 nitrogen and oxygen atoms in total. The second kappa shape index (κ2) is 7.46. The molecule has 1 N–H and O–H groups in total. The van der Waals surface area contributed by atoms with Gasteiger partial charge in [0.15, 0.2) is 0 Å². The molecule has 1 saturated carbocycles. The number of hydrogen-bond donors (Lipinski definition) is 1. The highest BCUT2D eigenvalue weighted by atomic mass is 16.5. The normalized spacial score (nSPS) is 14.5. The Morgan fingerprint density at radius 2 is 1.93 bits per heavy atom. The van der Waals surface area contributed by atoms with Crippen molar-refractivity contribution in [3.8, 4) is 17.0 Å². The topological polar surface area (TPSA) is 90.5 Å². The SMILES string of the molecule is COc1ccc(-c2cc3c(=O)n(CC(=O)NC4CCCC4)nc(C)n3n2)cc1. The first-order valence-corrected chi connectivity index (χ1v) is 9.46. The van der Waals surface area contributed by atoms with Crippen molar-refractivity contribution in [1.29, 1.82) is 0 Å². The van der Waals surface area contributed by atoms with Gasteiger partial charge in [0.2, 0.25) is 5.91 Å². The predicted molar refractivity (Wildman–Crippen MR) is 104 cm³/mol. The fourth-order valence-electron chi connectivity index (χ4n) is 3.66. The van der Waals surface area contributed by atoms with Crippen LogP contribution >= 0.6 is 0 Å². The average molecular weight is 381 g/mol. The Morgan fingerprint density at radius 1 is 1.21 bits per heavy atom. The molecule has 146 valence electrons. The van der Waals surface area contributed by atoms with Crippen molar-refractivity contribution >= 4 is 11.4 Å². The van der Waals surface area contributed by atoms with Crippen LogP contribution in [0.25, 0.3) is 16.8 Å². The lowest BCUT2D eigenvalue weighted by atomic mass is 10.1. The van der Waals surface area contributed by atoms with Gasteiger partial charge >= 0.3 is 0 Å². The van der Waals surface area contributed by atoms with E-state index in [0.29, 0.717) is 17.0 Å². The van der Waals surface area contributed by atoms with Gasteiger partial charge in [0.25, 0.3) is 5.56 Å². The lowest BCUT2D eigenvalue weighted by molar-refractivity contribution is -0.122. The summed E-state index contributed by atoms with van der Waals surface area (Å²) < 4.78 is 7.91. The molecule has 1 aromatic carbocycles. The van der Waals surface area contributed by atoms with E-state index < -0.39 is 0 Å². The van der Waals surface area contributed by atoms with Gasteiger partial charge in [-0.3, -0.25) is 9.59 Å². The highest BCUT2D eigenvalue weighted by Gasteiger charge is 2.19. The number of nitrogens with one attached hydrogen (secondary N) is 1. The van der Waals surface area contributed by atoms with Crippen molar-refractivity contribution in [2.75, 3.05) is 7.11 Å². The maximum atomic E-state index is 12.8. The van der Waals surface area contributed by atoms with Crippen LogP contribution in [-0.2, 0) is 11.3 Å². The Balaban J connectivity index is 1.63. The molecule has 1 aliphatic carbocycles. The Bertz CT molecular complexity index is 1060. The second-order valence-corrected chi connectivity index (χ2v) is 7.11. The van der Waals surface area contributed by atoms with Gasteiger partial charge in [-0.25, -0.2) is 9.20 Å². The van der Waals surface area contributed by atoms with Crippen LogP contribution < -0.4 is 15.6 Å². The minimum Gasteiger partial charge on any atom is -0.497 e. The van der Waals surface area contributed by atoms with Gasteiger partial charge in [0.05, 0.1) is 12.8 Å². The second-order valence-electron chi connectivity index (χ2n) is 7.11. The number of fused-ring (bicyclic) bond motifs is 1. The molecule has 0 radical (unpaired) electrons. The standard InChI is InChI=1S/C20H23N5O3/c1-13-22-24(12-19(26)21-15-5-3-4-6-15)20(27)18-11-17(23-25(13)18)14-7-9-16(28-2)10-8-14/h7-11,15H,3-6,12H2,1-2H3,(H,21,26). The van der Waals surface area contributed by atoms with E-state index in [9.17, 15) is 9.59 Å². The van der Waals surface area contributed by atoms with Crippen molar-refractivity contribution in [2.45, 2.75) is 45.2 Å². The Hall–Kier alpha value is -3.16. The average Bonchev–Trinajstić information content (AvgIpc) is 3.36. The minimum absolute atomic E-state index is 0.0876. The molecular weight excluding hydrogens is 358 g/mol. The van der Waals surface area contributed by atoms with E-state index in [-0.39, 0.29) is 24.1 Å². The quantitative estimate of drug-likeness (QED) is 0.729. The summed E-state index contributed by atoms with van der Waals surface area (Å²) in [4.78, 5) is 25.1. The highest BCUT2D eigenvalue weighted by molar-refractivity contribution is 5.76. The molecule has 4 rings (SSSR count). The minimum atomic E-state index is -0.334. The van der Waals surface area contributed by atoms with Gasteiger partial charge in [0.1, 0.15) is 23.6 Å². The summed E-state index contributed by atoms with van der Waals surface area (Å²) in [6.07, 6.45) is 4.27. The number of benzene rings is 1. The number of nitrogens with zero attached hydrogens (tertiary/aromatic N) is 4. The third-order valence-electron chi connectivity index (χ3n) is 5.13. The molecule has 1 fully saturated rings. The van der Waals surface area contributed by atoms with Gasteiger partial charge in [-0.15, -0.1) is 0 Å². The molecule has 2 heterocycles. The zero-order chi connectivity index (χ0) is 19.7. The summed E-state index contributed by atoms with van der Waals surface area (Å²) in [6, 6.07) is 9.40. The number of amides is 1. The van der Waals surface area contributed by atoms with Crippen LogP contribution in [-0.4, -0.2) is 38.5 Å². The van der Waals surface area contributed by atoms with Crippen LogP contribution in [0.5, 0.6) is 5.75 Å². The van der Waals surface area contributed by atoms with Crippen LogP contribution in [0.1, 0.15) is 31.5 Å². The third-order valence-corrected chi connectivity index (χ3v) is 5.13. The lowest BCUT2D eigenvalue weighted by Crippen LogP contribution is -2.39. The molecule has 2 aromatic heterocycles. The molecule has 0 unspecified atom stereocenters. The first-order chi connectivity index (χ1) is 13.5. The molecule has 0 aliphatic heterocycles. The summed E-state index contributed by atoms with van der Waals surface area (Å²) in [5.74, 6) is 1.11. The van der Waals surface area contributed by atoms with E-state index >= 15 is 0 Å². The fraction of sp³-hybridized carbons (Fsp3) is 0.400. The van der Waals surface area contributed by atoms with Crippen molar-refractivity contribution in [3.05, 3.63) is 46.5 Å². The number of carbonyl (C=O) groups is 1. The van der Waals surface area contributed by atoms with Crippen molar-refractivity contribution < 1.29 is 9.53 Å². The summed E-state index contributed by atoms with van der Waals surface area (Å²) in [6.45, 7) is 1.68. The van der Waals surface area contributed by atoms with E-state index in [1.165, 1.54) is 9.20 Å². The molecule has 0 spiro atoms. The summed E-state index contributed by atoms with van der Waals surface area (Å²) in [7, 11) is 1.61. The van der Waals surface area contributed by atoms with Crippen LogP contribution in [0, 0.1) is 6.92 Å². The number of aromatic nitrogens is 4. The van der Waals surface area contributed by atoms with E-state index in [0.717, 1.165) is 37.0 Å². The predicted octanol–water partition coefficient (Wildman–Crippen LogP) is 1.93.